The van der Waals surface area contributed by atoms with E-state index in [4.69, 9.17) is 57.9 Å². The molecule has 5 N–H and O–H groups in total. The molecule has 0 aliphatic carbocycles. The second-order valence-electron chi connectivity index (χ2n) is 12.6. The number of nitrogen functional groups attached to an aromatic ring is 2. The Morgan fingerprint density at radius 3 is 0.918 bits per heavy atom. The Morgan fingerprint density at radius 1 is 0.429 bits per heavy atom. The summed E-state index contributed by atoms with van der Waals surface area (Å²) < 4.78 is 0. The van der Waals surface area contributed by atoms with Gasteiger partial charge in [-0.1, -0.05) is 94.9 Å². The lowest BCUT2D eigenvalue weighted by Gasteiger charge is -2.28. The van der Waals surface area contributed by atoms with Crippen LogP contribution in [0.2, 0.25) is 20.1 Å². The predicted octanol–water partition coefficient (Wildman–Crippen LogP) is 12.8. The SMILES string of the molecule is Cc1cc(Nc2cc(C)c(N)c(C(c3ccc(Cl)cc3)c3ccc(Cl)cc3)c2C)c(C)c(C(c2ccc(Cl)cc2)c2ccc(Cl)cc2)c1N. The van der Waals surface area contributed by atoms with Gasteiger partial charge in [-0.05, 0) is 144 Å². The third-order valence-corrected chi connectivity index (χ3v) is 10.4. The van der Waals surface area contributed by atoms with Crippen LogP contribution in [0, 0.1) is 27.7 Å². The molecule has 0 radical (unpaired) electrons. The van der Waals surface area contributed by atoms with E-state index in [1.54, 1.807) is 0 Å². The lowest BCUT2D eigenvalue weighted by molar-refractivity contribution is 0.961. The lowest BCUT2D eigenvalue weighted by Crippen LogP contribution is -2.13. The molecule has 6 rings (SSSR count). The van der Waals surface area contributed by atoms with Crippen molar-refractivity contribution in [3.8, 4) is 0 Å². The van der Waals surface area contributed by atoms with E-state index in [0.29, 0.717) is 20.1 Å². The minimum atomic E-state index is -0.154. The van der Waals surface area contributed by atoms with E-state index < -0.39 is 0 Å². The van der Waals surface area contributed by atoms with Crippen LogP contribution in [0.15, 0.2) is 109 Å². The summed E-state index contributed by atoms with van der Waals surface area (Å²) in [6.45, 7) is 8.34. The zero-order chi connectivity index (χ0) is 35.0. The summed E-state index contributed by atoms with van der Waals surface area (Å²) in [6.07, 6.45) is 0. The quantitative estimate of drug-likeness (QED) is 0.108. The molecule has 0 bridgehead atoms. The minimum absolute atomic E-state index is 0.154. The van der Waals surface area contributed by atoms with E-state index in [1.807, 2.05) is 62.4 Å². The van der Waals surface area contributed by atoms with E-state index in [2.05, 4.69) is 79.8 Å². The van der Waals surface area contributed by atoms with Crippen molar-refractivity contribution in [1.29, 1.82) is 0 Å². The van der Waals surface area contributed by atoms with E-state index in [0.717, 1.165) is 78.4 Å². The molecule has 0 fully saturated rings. The topological polar surface area (TPSA) is 64.1 Å². The molecular weight excluding hydrogens is 688 g/mol. The van der Waals surface area contributed by atoms with Crippen LogP contribution in [0.1, 0.15) is 67.5 Å². The number of halogens is 4. The van der Waals surface area contributed by atoms with Crippen LogP contribution < -0.4 is 16.8 Å². The zero-order valence-corrected chi connectivity index (χ0v) is 30.7. The summed E-state index contributed by atoms with van der Waals surface area (Å²) in [5, 5.41) is 6.52. The van der Waals surface area contributed by atoms with Gasteiger partial charge in [-0.2, -0.15) is 0 Å². The van der Waals surface area contributed by atoms with Crippen LogP contribution in [0.5, 0.6) is 0 Å². The van der Waals surface area contributed by atoms with Crippen molar-refractivity contribution in [2.75, 3.05) is 16.8 Å². The van der Waals surface area contributed by atoms with Crippen molar-refractivity contribution in [2.45, 2.75) is 39.5 Å². The van der Waals surface area contributed by atoms with Crippen molar-refractivity contribution in [3.05, 3.63) is 185 Å². The summed E-state index contributed by atoms with van der Waals surface area (Å²) in [7, 11) is 0. The molecule has 49 heavy (non-hydrogen) atoms. The van der Waals surface area contributed by atoms with Crippen molar-refractivity contribution in [2.24, 2.45) is 0 Å². The molecule has 6 aromatic rings. The third kappa shape index (κ3) is 7.13. The maximum Gasteiger partial charge on any atom is 0.0421 e. The maximum absolute atomic E-state index is 6.95. The monoisotopic (exact) mass is 723 g/mol. The van der Waals surface area contributed by atoms with E-state index in [1.165, 1.54) is 0 Å². The molecule has 0 heterocycles. The number of benzene rings is 6. The molecule has 0 saturated heterocycles. The van der Waals surface area contributed by atoms with Crippen LogP contribution in [0.25, 0.3) is 0 Å². The average Bonchev–Trinajstić information content (AvgIpc) is 3.08. The molecule has 0 spiro atoms. The van der Waals surface area contributed by atoms with Crippen LogP contribution in [-0.4, -0.2) is 0 Å². The highest BCUT2D eigenvalue weighted by molar-refractivity contribution is 6.31. The highest BCUT2D eigenvalue weighted by Gasteiger charge is 2.27. The summed E-state index contributed by atoms with van der Waals surface area (Å²) in [5.41, 5.74) is 27.7. The van der Waals surface area contributed by atoms with Gasteiger partial charge in [-0.25, -0.2) is 0 Å². The molecule has 0 unspecified atom stereocenters. The fraction of sp³-hybridized carbons (Fsp3) is 0.143. The maximum atomic E-state index is 6.95. The number of hydrogen-bond acceptors (Lipinski definition) is 3. The standard InChI is InChI=1S/C42H37Cl4N3/c1-23-21-35(25(3)37(41(23)47)39(27-5-13-31(43)14-6-27)28-7-15-32(44)16-8-28)49-36-22-24(2)42(48)38(26(36)4)40(29-9-17-33(45)18-10-29)30-11-19-34(46)20-12-30/h5-22,39-40,49H,47-48H2,1-4H3. The Balaban J connectivity index is 1.52. The molecule has 248 valence electrons. The Hall–Kier alpha value is -4.12. The van der Waals surface area contributed by atoms with Gasteiger partial charge in [-0.3, -0.25) is 0 Å². The Morgan fingerprint density at radius 2 is 0.673 bits per heavy atom. The molecule has 6 aromatic carbocycles. The molecule has 0 aromatic heterocycles. The zero-order valence-electron chi connectivity index (χ0n) is 27.7. The summed E-state index contributed by atoms with van der Waals surface area (Å²) >= 11 is 25.3. The van der Waals surface area contributed by atoms with Gasteiger partial charge in [0, 0.05) is 54.7 Å². The van der Waals surface area contributed by atoms with Gasteiger partial charge in [0.05, 0.1) is 0 Å². The van der Waals surface area contributed by atoms with E-state index in [-0.39, 0.29) is 11.8 Å². The third-order valence-electron chi connectivity index (χ3n) is 9.43. The first-order valence-corrected chi connectivity index (χ1v) is 17.5. The number of nitrogens with one attached hydrogen (secondary N) is 1. The number of aryl methyl sites for hydroxylation is 2. The molecule has 0 saturated carbocycles. The first-order chi connectivity index (χ1) is 23.4. The van der Waals surface area contributed by atoms with Crippen molar-refractivity contribution in [1.82, 2.24) is 0 Å². The van der Waals surface area contributed by atoms with Gasteiger partial charge in [0.2, 0.25) is 0 Å². The largest absolute Gasteiger partial charge is 0.398 e. The van der Waals surface area contributed by atoms with Crippen LogP contribution in [0.3, 0.4) is 0 Å². The van der Waals surface area contributed by atoms with Crippen LogP contribution in [0.4, 0.5) is 22.7 Å². The molecule has 7 heteroatoms. The first kappa shape index (κ1) is 34.7. The first-order valence-electron chi connectivity index (χ1n) is 16.0. The molecular formula is C42H37Cl4N3. The van der Waals surface area contributed by atoms with Crippen LogP contribution in [-0.2, 0) is 0 Å². The summed E-state index contributed by atoms with van der Waals surface area (Å²) in [4.78, 5) is 0. The highest BCUT2D eigenvalue weighted by Crippen LogP contribution is 2.45. The van der Waals surface area contributed by atoms with Gasteiger partial charge in [-0.15, -0.1) is 0 Å². The molecule has 0 aliphatic heterocycles. The Bertz CT molecular complexity index is 1880. The number of rotatable bonds is 8. The number of hydrogen-bond donors (Lipinski definition) is 3. The molecule has 0 atom stereocenters. The fourth-order valence-electron chi connectivity index (χ4n) is 6.75. The molecule has 0 aliphatic rings. The molecule has 3 nitrogen and oxygen atoms in total. The normalized spacial score (nSPS) is 11.4. The second-order valence-corrected chi connectivity index (χ2v) is 14.3. The van der Waals surface area contributed by atoms with Gasteiger partial charge < -0.3 is 16.8 Å². The lowest BCUT2D eigenvalue weighted by atomic mass is 9.80. The Kier molecular flexibility index (Phi) is 10.2. The van der Waals surface area contributed by atoms with Gasteiger partial charge in [0.1, 0.15) is 0 Å². The predicted molar refractivity (Wildman–Crippen MR) is 212 cm³/mol. The van der Waals surface area contributed by atoms with E-state index in [9.17, 15) is 0 Å². The number of nitrogens with two attached hydrogens (primary N) is 2. The van der Waals surface area contributed by atoms with Crippen molar-refractivity contribution in [3.63, 3.8) is 0 Å². The van der Waals surface area contributed by atoms with Gasteiger partial charge >= 0.3 is 0 Å². The smallest absolute Gasteiger partial charge is 0.0421 e. The van der Waals surface area contributed by atoms with E-state index >= 15 is 0 Å². The fourth-order valence-corrected chi connectivity index (χ4v) is 7.25. The van der Waals surface area contributed by atoms with Gasteiger partial charge in [0.15, 0.2) is 0 Å². The highest BCUT2D eigenvalue weighted by atomic mass is 35.5. The summed E-state index contributed by atoms with van der Waals surface area (Å²) in [6, 6.07) is 36.0. The van der Waals surface area contributed by atoms with Crippen molar-refractivity contribution < 1.29 is 0 Å². The second kappa shape index (κ2) is 14.4. The van der Waals surface area contributed by atoms with Crippen LogP contribution >= 0.6 is 46.4 Å². The number of anilines is 4. The molecule has 0 amide bonds. The Labute approximate surface area is 308 Å². The summed E-state index contributed by atoms with van der Waals surface area (Å²) in [5.74, 6) is -0.307. The minimum Gasteiger partial charge on any atom is -0.398 e. The van der Waals surface area contributed by atoms with Crippen molar-refractivity contribution >= 4 is 69.2 Å². The average molecular weight is 726 g/mol. The van der Waals surface area contributed by atoms with Gasteiger partial charge in [0.25, 0.3) is 0 Å².